The molecule has 2 heterocycles. The van der Waals surface area contributed by atoms with Gasteiger partial charge >= 0.3 is 6.03 Å². The van der Waals surface area contributed by atoms with Crippen LogP contribution in [0.15, 0.2) is 140 Å². The number of rotatable bonds is 10. The van der Waals surface area contributed by atoms with E-state index in [9.17, 15) is 4.79 Å². The molecule has 0 saturated carbocycles. The quantitative estimate of drug-likeness (QED) is 0.142. The van der Waals surface area contributed by atoms with E-state index < -0.39 is 9.04 Å². The number of halogens is 2. The van der Waals surface area contributed by atoms with Crippen molar-refractivity contribution < 1.29 is 9.22 Å². The first-order chi connectivity index (χ1) is 25.1. The number of carbonyl (C=O) groups excluding carboxylic acids is 1. The van der Waals surface area contributed by atoms with Crippen molar-refractivity contribution in [2.75, 3.05) is 15.1 Å². The third kappa shape index (κ3) is 7.90. The highest BCUT2D eigenvalue weighted by Gasteiger charge is 2.37. The molecule has 6 aromatic rings. The van der Waals surface area contributed by atoms with Gasteiger partial charge in [-0.15, -0.1) is 0 Å². The topological polar surface area (TPSA) is 70.6 Å². The molecule has 1 aliphatic heterocycles. The number of hydrogen-bond acceptors (Lipinski definition) is 5. The van der Waals surface area contributed by atoms with Crippen molar-refractivity contribution in [2.45, 2.75) is 39.8 Å². The minimum Gasteiger partial charge on any atom is -0.400 e. The maximum Gasteiger partial charge on any atom is 0.335 e. The summed E-state index contributed by atoms with van der Waals surface area (Å²) in [5.41, 5.74) is 3.54. The van der Waals surface area contributed by atoms with Crippen molar-refractivity contribution in [3.05, 3.63) is 161 Å². The Hall–Kier alpha value is -4.99. The summed E-state index contributed by atoms with van der Waals surface area (Å²) in [5, 5.41) is 6.35. The van der Waals surface area contributed by atoms with Crippen LogP contribution in [0.1, 0.15) is 44.4 Å². The Morgan fingerprint density at radius 2 is 1.40 bits per heavy atom. The molecule has 52 heavy (non-hydrogen) atoms. The number of hydrogen-bond donors (Lipinski definition) is 1. The fourth-order valence-electron chi connectivity index (χ4n) is 6.29. The van der Waals surface area contributed by atoms with E-state index in [0.717, 1.165) is 33.6 Å². The summed E-state index contributed by atoms with van der Waals surface area (Å²) in [6.07, 6.45) is 2.22. The minimum atomic E-state index is -1.65. The molecule has 1 atom stereocenters. The van der Waals surface area contributed by atoms with Gasteiger partial charge in [-0.1, -0.05) is 141 Å². The van der Waals surface area contributed by atoms with Crippen LogP contribution in [0.5, 0.6) is 0 Å². The van der Waals surface area contributed by atoms with Crippen LogP contribution >= 0.6 is 23.2 Å². The highest BCUT2D eigenvalue weighted by Crippen LogP contribution is 2.42. The van der Waals surface area contributed by atoms with E-state index in [4.69, 9.17) is 32.6 Å². The Kier molecular flexibility index (Phi) is 10.4. The SMILES string of the molecule is CC(C)(C)CC(O[Si](c1ccccc1)c1ccccc1)c1cccc(N2C(=O)N(c3c(Cl)cccc3Cl)Cc3cnc(Nc4ccccc4)nc32)c1. The standard InChI is InChI=1S/C42H38Cl2N5O2Si/c1-42(2,3)26-37(51-52(33-19-9-5-10-20-33)34-21-11-6-12-22-34)29-15-13-18-32(25-29)49-39-30(27-45-40(47-39)46-31-16-7-4-8-17-31)28-48(41(49)50)38-35(43)23-14-24-36(38)44/h4-25,27,37H,26,28H2,1-3H3,(H,45,46,47). The predicted octanol–water partition coefficient (Wildman–Crippen LogP) is 10.1. The first-order valence-corrected chi connectivity index (χ1v) is 19.3. The number of urea groups is 1. The van der Waals surface area contributed by atoms with Crippen LogP contribution < -0.4 is 25.5 Å². The average Bonchev–Trinajstić information content (AvgIpc) is 3.14. The van der Waals surface area contributed by atoms with E-state index in [2.05, 4.69) is 85.7 Å². The highest BCUT2D eigenvalue weighted by atomic mass is 35.5. The Labute approximate surface area is 316 Å². The Bertz CT molecular complexity index is 2110. The summed E-state index contributed by atoms with van der Waals surface area (Å²) >= 11 is 13.4. The van der Waals surface area contributed by atoms with Gasteiger partial charge in [-0.05, 0) is 64.2 Å². The van der Waals surface area contributed by atoms with Crippen LogP contribution in [0.3, 0.4) is 0 Å². The number of benzene rings is 5. The molecular weight excluding hydrogens is 705 g/mol. The molecule has 1 radical (unpaired) electrons. The number of fused-ring (bicyclic) bond motifs is 1. The third-order valence-electron chi connectivity index (χ3n) is 8.67. The number of carbonyl (C=O) groups is 1. The molecule has 7 rings (SSSR count). The zero-order valence-electron chi connectivity index (χ0n) is 29.1. The van der Waals surface area contributed by atoms with Gasteiger partial charge in [0.15, 0.2) is 5.82 Å². The Morgan fingerprint density at radius 1 is 0.808 bits per heavy atom. The van der Waals surface area contributed by atoms with Gasteiger partial charge in [0.1, 0.15) is 0 Å². The molecule has 0 bridgehead atoms. The van der Waals surface area contributed by atoms with Crippen molar-refractivity contribution in [1.29, 1.82) is 0 Å². The molecule has 0 spiro atoms. The second-order valence-corrected chi connectivity index (χ2v) is 16.7. The van der Waals surface area contributed by atoms with Crippen LogP contribution in [0.2, 0.25) is 10.0 Å². The zero-order chi connectivity index (χ0) is 36.2. The van der Waals surface area contributed by atoms with Gasteiger partial charge in [-0.3, -0.25) is 4.90 Å². The minimum absolute atomic E-state index is 0.0581. The molecular formula is C42H38Cl2N5O2Si. The normalized spacial score (nSPS) is 13.6. The molecule has 2 amide bonds. The number of para-hydroxylation sites is 2. The van der Waals surface area contributed by atoms with E-state index in [0.29, 0.717) is 33.2 Å². The van der Waals surface area contributed by atoms with Gasteiger partial charge in [0.25, 0.3) is 9.04 Å². The molecule has 1 aliphatic rings. The van der Waals surface area contributed by atoms with E-state index >= 15 is 0 Å². The number of aromatic nitrogens is 2. The molecule has 261 valence electrons. The number of nitrogens with zero attached hydrogens (tertiary/aromatic N) is 4. The number of nitrogens with one attached hydrogen (secondary N) is 1. The lowest BCUT2D eigenvalue weighted by molar-refractivity contribution is 0.150. The van der Waals surface area contributed by atoms with Crippen LogP contribution in [-0.4, -0.2) is 25.0 Å². The fraction of sp³-hybridized carbons (Fsp3) is 0.167. The van der Waals surface area contributed by atoms with Gasteiger partial charge in [-0.2, -0.15) is 4.98 Å². The van der Waals surface area contributed by atoms with Crippen molar-refractivity contribution in [3.63, 3.8) is 0 Å². The van der Waals surface area contributed by atoms with Crippen LogP contribution in [0, 0.1) is 5.41 Å². The lowest BCUT2D eigenvalue weighted by atomic mass is 9.87. The van der Waals surface area contributed by atoms with Crippen molar-refractivity contribution >= 4 is 77.5 Å². The smallest absolute Gasteiger partial charge is 0.335 e. The van der Waals surface area contributed by atoms with Crippen LogP contribution in [0.4, 0.5) is 33.6 Å². The highest BCUT2D eigenvalue weighted by molar-refractivity contribution is 6.80. The van der Waals surface area contributed by atoms with Gasteiger partial charge < -0.3 is 9.74 Å². The monoisotopic (exact) mass is 742 g/mol. The average molecular weight is 744 g/mol. The molecule has 1 unspecified atom stereocenters. The molecule has 10 heteroatoms. The van der Waals surface area contributed by atoms with Gasteiger partial charge in [0.05, 0.1) is 34.1 Å². The predicted molar refractivity (Wildman–Crippen MR) is 214 cm³/mol. The summed E-state index contributed by atoms with van der Waals surface area (Å²) in [7, 11) is -1.65. The first-order valence-electron chi connectivity index (χ1n) is 17.1. The molecule has 1 N–H and O–H groups in total. The third-order valence-corrected chi connectivity index (χ3v) is 11.5. The molecule has 0 fully saturated rings. The zero-order valence-corrected chi connectivity index (χ0v) is 31.6. The maximum absolute atomic E-state index is 14.7. The summed E-state index contributed by atoms with van der Waals surface area (Å²) in [6.45, 7) is 6.85. The van der Waals surface area contributed by atoms with Gasteiger partial charge in [0, 0.05) is 17.4 Å². The van der Waals surface area contributed by atoms with Crippen LogP contribution in [0.25, 0.3) is 0 Å². The Balaban J connectivity index is 1.33. The second-order valence-electron chi connectivity index (χ2n) is 13.8. The Morgan fingerprint density at radius 3 is 2.02 bits per heavy atom. The van der Waals surface area contributed by atoms with Gasteiger partial charge in [0.2, 0.25) is 5.95 Å². The number of amides is 2. The van der Waals surface area contributed by atoms with Gasteiger partial charge in [-0.25, -0.2) is 14.7 Å². The lowest BCUT2D eigenvalue weighted by Gasteiger charge is -2.37. The molecule has 0 saturated heterocycles. The number of anilines is 5. The van der Waals surface area contributed by atoms with Crippen molar-refractivity contribution in [1.82, 2.24) is 9.97 Å². The molecule has 7 nitrogen and oxygen atoms in total. The first kappa shape index (κ1) is 35.4. The summed E-state index contributed by atoms with van der Waals surface area (Å²) in [4.78, 5) is 27.5. The molecule has 0 aliphatic carbocycles. The fourth-order valence-corrected chi connectivity index (χ4v) is 8.99. The lowest BCUT2D eigenvalue weighted by Crippen LogP contribution is -2.46. The second kappa shape index (κ2) is 15.3. The summed E-state index contributed by atoms with van der Waals surface area (Å²) in [6, 6.07) is 43.5. The van der Waals surface area contributed by atoms with Crippen LogP contribution in [-0.2, 0) is 11.0 Å². The van der Waals surface area contributed by atoms with Crippen molar-refractivity contribution in [3.8, 4) is 0 Å². The molecule has 5 aromatic carbocycles. The largest absolute Gasteiger partial charge is 0.400 e. The van der Waals surface area contributed by atoms with E-state index in [1.807, 2.05) is 60.7 Å². The summed E-state index contributed by atoms with van der Waals surface area (Å²) in [5.74, 6) is 0.844. The van der Waals surface area contributed by atoms with Crippen molar-refractivity contribution in [2.24, 2.45) is 5.41 Å². The maximum atomic E-state index is 14.7. The summed E-state index contributed by atoms with van der Waals surface area (Å²) < 4.78 is 7.25. The van der Waals surface area contributed by atoms with E-state index in [1.54, 1.807) is 34.2 Å². The van der Waals surface area contributed by atoms with E-state index in [1.165, 1.54) is 0 Å². The van der Waals surface area contributed by atoms with E-state index in [-0.39, 0.29) is 24.1 Å². The molecule has 1 aromatic heterocycles.